The smallest absolute Gasteiger partial charge is 0.136 e. The van der Waals surface area contributed by atoms with E-state index in [4.69, 9.17) is 4.74 Å². The van der Waals surface area contributed by atoms with Crippen LogP contribution in [-0.2, 0) is 0 Å². The maximum Gasteiger partial charge on any atom is 0.136 e. The number of nitrogens with zero attached hydrogens (tertiary/aromatic N) is 1. The molecule has 0 aromatic heterocycles. The van der Waals surface area contributed by atoms with E-state index in [2.05, 4.69) is 15.9 Å². The SMILES string of the molecule is COc1c(C)c(C)c(Br)c(C)c1C(O)N(C)C. The van der Waals surface area contributed by atoms with Gasteiger partial charge in [-0.1, -0.05) is 15.9 Å². The van der Waals surface area contributed by atoms with Gasteiger partial charge in [-0.3, -0.25) is 4.90 Å². The zero-order valence-corrected chi connectivity index (χ0v) is 12.8. The lowest BCUT2D eigenvalue weighted by Gasteiger charge is -2.26. The number of aliphatic hydroxyl groups is 1. The Morgan fingerprint density at radius 2 is 1.65 bits per heavy atom. The van der Waals surface area contributed by atoms with E-state index in [0.29, 0.717) is 0 Å². The van der Waals surface area contributed by atoms with Crippen molar-refractivity contribution in [3.8, 4) is 5.75 Å². The predicted molar refractivity (Wildman–Crippen MR) is 73.6 cm³/mol. The van der Waals surface area contributed by atoms with Crippen molar-refractivity contribution in [2.75, 3.05) is 21.2 Å². The molecule has 0 bridgehead atoms. The monoisotopic (exact) mass is 301 g/mol. The first-order chi connectivity index (χ1) is 7.82. The molecule has 1 aromatic rings. The molecule has 0 fully saturated rings. The zero-order valence-electron chi connectivity index (χ0n) is 11.3. The normalized spacial score (nSPS) is 13.0. The number of rotatable bonds is 3. The van der Waals surface area contributed by atoms with E-state index in [9.17, 15) is 5.11 Å². The third-order valence-corrected chi connectivity index (χ3v) is 4.35. The first-order valence-corrected chi connectivity index (χ1v) is 6.29. The number of methoxy groups -OCH3 is 1. The van der Waals surface area contributed by atoms with Gasteiger partial charge in [0.2, 0.25) is 0 Å². The van der Waals surface area contributed by atoms with E-state index in [1.54, 1.807) is 12.0 Å². The fraction of sp³-hybridized carbons (Fsp3) is 0.538. The summed E-state index contributed by atoms with van der Waals surface area (Å²) in [5.41, 5.74) is 4.05. The van der Waals surface area contributed by atoms with Gasteiger partial charge in [0.15, 0.2) is 0 Å². The molecule has 1 unspecified atom stereocenters. The van der Waals surface area contributed by atoms with E-state index in [1.165, 1.54) is 0 Å². The Morgan fingerprint density at radius 3 is 2.06 bits per heavy atom. The second-order valence-corrected chi connectivity index (χ2v) is 5.27. The quantitative estimate of drug-likeness (QED) is 0.871. The van der Waals surface area contributed by atoms with E-state index in [-0.39, 0.29) is 0 Å². The summed E-state index contributed by atoms with van der Waals surface area (Å²) in [6.07, 6.45) is -0.666. The third kappa shape index (κ3) is 2.49. The molecule has 0 radical (unpaired) electrons. The number of halogens is 1. The molecule has 0 amide bonds. The first-order valence-electron chi connectivity index (χ1n) is 5.50. The summed E-state index contributed by atoms with van der Waals surface area (Å²) >= 11 is 3.58. The molecule has 96 valence electrons. The number of aliphatic hydroxyl groups excluding tert-OH is 1. The average Bonchev–Trinajstić information content (AvgIpc) is 2.29. The molecule has 17 heavy (non-hydrogen) atoms. The van der Waals surface area contributed by atoms with Gasteiger partial charge in [0, 0.05) is 10.0 Å². The summed E-state index contributed by atoms with van der Waals surface area (Å²) in [6.45, 7) is 6.03. The molecule has 0 saturated carbocycles. The third-order valence-electron chi connectivity index (χ3n) is 3.16. The van der Waals surface area contributed by atoms with Gasteiger partial charge in [-0.25, -0.2) is 0 Å². The molecule has 0 aliphatic rings. The molecule has 4 heteroatoms. The highest BCUT2D eigenvalue weighted by Crippen LogP contribution is 2.39. The van der Waals surface area contributed by atoms with E-state index < -0.39 is 6.23 Å². The van der Waals surface area contributed by atoms with Crippen LogP contribution in [0.25, 0.3) is 0 Å². The number of ether oxygens (including phenoxy) is 1. The molecule has 0 saturated heterocycles. The maximum atomic E-state index is 10.3. The van der Waals surface area contributed by atoms with E-state index in [1.807, 2.05) is 34.9 Å². The van der Waals surface area contributed by atoms with Crippen molar-refractivity contribution in [3.63, 3.8) is 0 Å². The molecular formula is C13H20BrNO2. The van der Waals surface area contributed by atoms with Gasteiger partial charge in [0.1, 0.15) is 12.0 Å². The van der Waals surface area contributed by atoms with Gasteiger partial charge < -0.3 is 9.84 Å². The molecule has 1 rings (SSSR count). The summed E-state index contributed by atoms with van der Waals surface area (Å²) in [4.78, 5) is 1.76. The van der Waals surface area contributed by atoms with Crippen LogP contribution in [0.2, 0.25) is 0 Å². The molecule has 0 heterocycles. The van der Waals surface area contributed by atoms with Crippen LogP contribution in [-0.4, -0.2) is 31.2 Å². The highest BCUT2D eigenvalue weighted by atomic mass is 79.9. The second-order valence-electron chi connectivity index (χ2n) is 4.47. The summed E-state index contributed by atoms with van der Waals surface area (Å²) in [7, 11) is 5.32. The molecule has 0 spiro atoms. The fourth-order valence-electron chi connectivity index (χ4n) is 1.94. The summed E-state index contributed by atoms with van der Waals surface area (Å²) < 4.78 is 6.49. The Bertz CT molecular complexity index is 430. The van der Waals surface area contributed by atoms with Crippen LogP contribution in [0.3, 0.4) is 0 Å². The molecule has 1 N–H and O–H groups in total. The Morgan fingerprint density at radius 1 is 1.12 bits per heavy atom. The predicted octanol–water partition coefficient (Wildman–Crippen LogP) is 2.94. The molecular weight excluding hydrogens is 282 g/mol. The molecule has 3 nitrogen and oxygen atoms in total. The van der Waals surface area contributed by atoms with Gasteiger partial charge in [-0.05, 0) is 51.6 Å². The summed E-state index contributed by atoms with van der Waals surface area (Å²) in [5.74, 6) is 0.768. The minimum absolute atomic E-state index is 0.666. The van der Waals surface area contributed by atoms with Crippen LogP contribution >= 0.6 is 15.9 Å². The van der Waals surface area contributed by atoms with Crippen molar-refractivity contribution in [1.82, 2.24) is 4.90 Å². The fourth-order valence-corrected chi connectivity index (χ4v) is 2.45. The van der Waals surface area contributed by atoms with Crippen molar-refractivity contribution in [2.45, 2.75) is 27.0 Å². The standard InChI is InChI=1S/C13H20BrNO2/c1-7-8(2)12(17-6)10(9(3)11(7)14)13(16)15(4)5/h13,16H,1-6H3. The first kappa shape index (κ1) is 14.5. The highest BCUT2D eigenvalue weighted by Gasteiger charge is 2.23. The van der Waals surface area contributed by atoms with E-state index in [0.717, 1.165) is 32.5 Å². The van der Waals surface area contributed by atoms with Gasteiger partial charge in [0.05, 0.1) is 7.11 Å². The number of hydrogen-bond acceptors (Lipinski definition) is 3. The Kier molecular flexibility index (Phi) is 4.58. The van der Waals surface area contributed by atoms with Crippen LogP contribution in [0.1, 0.15) is 28.5 Å². The summed E-state index contributed by atoms with van der Waals surface area (Å²) in [5, 5.41) is 10.3. The van der Waals surface area contributed by atoms with Crippen LogP contribution < -0.4 is 4.74 Å². The van der Waals surface area contributed by atoms with Crippen molar-refractivity contribution in [1.29, 1.82) is 0 Å². The molecule has 0 aliphatic carbocycles. The Hall–Kier alpha value is -0.580. The Labute approximate surface area is 112 Å². The maximum absolute atomic E-state index is 10.3. The minimum atomic E-state index is -0.666. The topological polar surface area (TPSA) is 32.7 Å². The summed E-state index contributed by atoms with van der Waals surface area (Å²) in [6, 6.07) is 0. The second kappa shape index (κ2) is 5.38. The van der Waals surface area contributed by atoms with Crippen LogP contribution in [0.5, 0.6) is 5.75 Å². The van der Waals surface area contributed by atoms with Crippen molar-refractivity contribution >= 4 is 15.9 Å². The molecule has 1 atom stereocenters. The molecule has 0 aliphatic heterocycles. The van der Waals surface area contributed by atoms with E-state index >= 15 is 0 Å². The highest BCUT2D eigenvalue weighted by molar-refractivity contribution is 9.10. The van der Waals surface area contributed by atoms with Crippen LogP contribution in [0.15, 0.2) is 4.47 Å². The lowest BCUT2D eigenvalue weighted by Crippen LogP contribution is -2.21. The van der Waals surface area contributed by atoms with Gasteiger partial charge >= 0.3 is 0 Å². The minimum Gasteiger partial charge on any atom is -0.496 e. The van der Waals surface area contributed by atoms with Gasteiger partial charge in [-0.15, -0.1) is 0 Å². The van der Waals surface area contributed by atoms with Crippen molar-refractivity contribution in [3.05, 3.63) is 26.7 Å². The zero-order chi connectivity index (χ0) is 13.3. The number of hydrogen-bond donors (Lipinski definition) is 1. The largest absolute Gasteiger partial charge is 0.496 e. The van der Waals surface area contributed by atoms with Crippen LogP contribution in [0, 0.1) is 20.8 Å². The van der Waals surface area contributed by atoms with Gasteiger partial charge in [-0.2, -0.15) is 0 Å². The molecule has 1 aromatic carbocycles. The van der Waals surface area contributed by atoms with Gasteiger partial charge in [0.25, 0.3) is 0 Å². The number of benzene rings is 1. The average molecular weight is 302 g/mol. The van der Waals surface area contributed by atoms with Crippen molar-refractivity contribution in [2.24, 2.45) is 0 Å². The lowest BCUT2D eigenvalue weighted by atomic mass is 9.97. The lowest BCUT2D eigenvalue weighted by molar-refractivity contribution is 0.0367. The Balaban J connectivity index is 3.58. The van der Waals surface area contributed by atoms with Crippen molar-refractivity contribution < 1.29 is 9.84 Å². The van der Waals surface area contributed by atoms with Crippen LogP contribution in [0.4, 0.5) is 0 Å².